The Morgan fingerprint density at radius 3 is 2.54 bits per heavy atom. The van der Waals surface area contributed by atoms with Crippen LogP contribution in [0.5, 0.6) is 0 Å². The Bertz CT molecular complexity index is 300. The summed E-state index contributed by atoms with van der Waals surface area (Å²) in [4.78, 5) is 3.63. The van der Waals surface area contributed by atoms with Gasteiger partial charge in [0.1, 0.15) is 6.08 Å². The molecule has 1 aliphatic heterocycles. The van der Waals surface area contributed by atoms with Crippen molar-refractivity contribution in [3.8, 4) is 0 Å². The van der Waals surface area contributed by atoms with Crippen LogP contribution in [-0.2, 0) is 4.74 Å². The van der Waals surface area contributed by atoms with Gasteiger partial charge in [0.05, 0.1) is 12.6 Å². The summed E-state index contributed by atoms with van der Waals surface area (Å²) in [5, 5.41) is 10.6. The van der Waals surface area contributed by atoms with Gasteiger partial charge in [0.15, 0.2) is 0 Å². The third-order valence-corrected chi connectivity index (χ3v) is 1.80. The van der Waals surface area contributed by atoms with Crippen molar-refractivity contribution in [1.29, 1.82) is 0 Å². The smallest absolute Gasteiger partial charge is 0.591 e. The van der Waals surface area contributed by atoms with Crippen molar-refractivity contribution < 1.29 is 28.7 Å². The van der Waals surface area contributed by atoms with Crippen LogP contribution in [0, 0.1) is 0 Å². The fraction of sp³-hybridized carbons (Fsp3) is 0.222. The van der Waals surface area contributed by atoms with Crippen molar-refractivity contribution in [2.24, 2.45) is 4.99 Å². The Labute approximate surface area is 88.6 Å². The first-order chi connectivity index (χ1) is 5.86. The van der Waals surface area contributed by atoms with E-state index in [1.807, 2.05) is 30.3 Å². The van der Waals surface area contributed by atoms with Crippen LogP contribution in [0.1, 0.15) is 11.7 Å². The predicted molar refractivity (Wildman–Crippen MR) is 42.6 cm³/mol. The number of aliphatic imine (C=N–C) groups is 1. The minimum Gasteiger partial charge on any atom is -0.591 e. The molecule has 0 bridgehead atoms. The van der Waals surface area contributed by atoms with Crippen molar-refractivity contribution >= 4 is 6.08 Å². The molecule has 1 aromatic rings. The summed E-state index contributed by atoms with van der Waals surface area (Å²) in [7, 11) is 0. The van der Waals surface area contributed by atoms with Gasteiger partial charge in [-0.15, -0.1) is 0 Å². The van der Waals surface area contributed by atoms with Gasteiger partial charge >= 0.3 is 18.9 Å². The molecule has 0 saturated carbocycles. The summed E-state index contributed by atoms with van der Waals surface area (Å²) in [5.41, 5.74) is 1.01. The first-order valence-electron chi connectivity index (χ1n) is 3.79. The third kappa shape index (κ3) is 2.27. The van der Waals surface area contributed by atoms with Gasteiger partial charge in [-0.25, -0.2) is 0 Å². The third-order valence-electron chi connectivity index (χ3n) is 1.80. The van der Waals surface area contributed by atoms with Gasteiger partial charge in [0.25, 0.3) is 0 Å². The summed E-state index contributed by atoms with van der Waals surface area (Å²) in [6, 6.07) is 9.62. The molecule has 0 spiro atoms. The van der Waals surface area contributed by atoms with E-state index in [1.165, 1.54) is 0 Å². The molecule has 1 unspecified atom stereocenters. The fourth-order valence-corrected chi connectivity index (χ4v) is 1.19. The van der Waals surface area contributed by atoms with E-state index in [2.05, 4.69) is 4.99 Å². The van der Waals surface area contributed by atoms with Gasteiger partial charge in [-0.3, -0.25) is 4.99 Å². The molecule has 62 valence electrons. The molecule has 3 nitrogen and oxygen atoms in total. The summed E-state index contributed by atoms with van der Waals surface area (Å²) >= 11 is 0. The van der Waals surface area contributed by atoms with Crippen LogP contribution in [-0.4, -0.2) is 12.6 Å². The van der Waals surface area contributed by atoms with Crippen molar-refractivity contribution in [2.45, 2.75) is 6.10 Å². The molecular weight excluding hydrogens is 161 g/mol. The molecule has 13 heavy (non-hydrogen) atoms. The maximum atomic E-state index is 10.6. The minimum atomic E-state index is -0.455. The maximum Gasteiger partial charge on any atom is 1.00 e. The first kappa shape index (κ1) is 10.2. The molecule has 0 radical (unpaired) electrons. The number of ether oxygens (including phenoxy) is 1. The van der Waals surface area contributed by atoms with E-state index in [1.54, 1.807) is 0 Å². The minimum absolute atomic E-state index is 0. The maximum absolute atomic E-state index is 10.6. The second-order valence-corrected chi connectivity index (χ2v) is 2.62. The Kier molecular flexibility index (Phi) is 3.41. The Morgan fingerprint density at radius 1 is 1.31 bits per heavy atom. The summed E-state index contributed by atoms with van der Waals surface area (Å²) in [5.74, 6) is 0. The Morgan fingerprint density at radius 2 is 2.00 bits per heavy atom. The average molecular weight is 169 g/mol. The largest absolute Gasteiger partial charge is 1.00 e. The van der Waals surface area contributed by atoms with E-state index in [-0.39, 0.29) is 25.0 Å². The molecule has 0 aromatic heterocycles. The quantitative estimate of drug-likeness (QED) is 0.435. The zero-order chi connectivity index (χ0) is 8.39. The zero-order valence-electron chi connectivity index (χ0n) is 7.43. The van der Waals surface area contributed by atoms with Gasteiger partial charge in [-0.2, -0.15) is 0 Å². The Hall–Kier alpha value is -0.913. The Balaban J connectivity index is 0.000000845. The molecule has 2 rings (SSSR count). The molecule has 0 amide bonds. The normalized spacial score (nSPS) is 20.0. The van der Waals surface area contributed by atoms with Crippen LogP contribution in [0.15, 0.2) is 35.3 Å². The van der Waals surface area contributed by atoms with E-state index < -0.39 is 6.08 Å². The van der Waals surface area contributed by atoms with Gasteiger partial charge in [0.2, 0.25) is 0 Å². The molecular formula is C9H8LiNO2. The molecule has 0 aliphatic carbocycles. The van der Waals surface area contributed by atoms with Gasteiger partial charge in [0, 0.05) is 0 Å². The summed E-state index contributed by atoms with van der Waals surface area (Å²) in [6.07, 6.45) is -0.623. The number of benzene rings is 1. The van der Waals surface area contributed by atoms with Crippen molar-refractivity contribution in [2.75, 3.05) is 6.54 Å². The van der Waals surface area contributed by atoms with E-state index in [4.69, 9.17) is 4.74 Å². The second-order valence-electron chi connectivity index (χ2n) is 2.62. The van der Waals surface area contributed by atoms with Crippen LogP contribution < -0.4 is 24.0 Å². The van der Waals surface area contributed by atoms with Crippen molar-refractivity contribution in [3.63, 3.8) is 0 Å². The molecule has 1 atom stereocenters. The van der Waals surface area contributed by atoms with E-state index >= 15 is 0 Å². The molecule has 4 heteroatoms. The van der Waals surface area contributed by atoms with Crippen molar-refractivity contribution in [1.82, 2.24) is 0 Å². The zero-order valence-corrected chi connectivity index (χ0v) is 7.43. The van der Waals surface area contributed by atoms with Gasteiger partial charge in [-0.05, 0) is 5.56 Å². The number of hydrogen-bond acceptors (Lipinski definition) is 3. The molecule has 0 fully saturated rings. The van der Waals surface area contributed by atoms with Crippen LogP contribution >= 0.6 is 0 Å². The number of hydrogen-bond donors (Lipinski definition) is 0. The van der Waals surface area contributed by atoms with Crippen molar-refractivity contribution in [3.05, 3.63) is 35.9 Å². The first-order valence-corrected chi connectivity index (χ1v) is 3.79. The summed E-state index contributed by atoms with van der Waals surface area (Å²) in [6.45, 7) is 0.447. The molecule has 1 aromatic carbocycles. The molecule has 1 aliphatic rings. The SMILES string of the molecule is [Li+].[O-]C1=NCC(c2ccccc2)O1. The van der Waals surface area contributed by atoms with Crippen LogP contribution in [0.3, 0.4) is 0 Å². The molecule has 0 N–H and O–H groups in total. The van der Waals surface area contributed by atoms with Gasteiger partial charge < -0.3 is 9.84 Å². The van der Waals surface area contributed by atoms with Crippen LogP contribution in [0.2, 0.25) is 0 Å². The van der Waals surface area contributed by atoms with Crippen LogP contribution in [0.25, 0.3) is 0 Å². The van der Waals surface area contributed by atoms with E-state index in [0.29, 0.717) is 6.54 Å². The second kappa shape index (κ2) is 4.36. The molecule has 1 heterocycles. The average Bonchev–Trinajstić information content (AvgIpc) is 2.54. The van der Waals surface area contributed by atoms with E-state index in [0.717, 1.165) is 5.56 Å². The number of nitrogens with zero attached hydrogens (tertiary/aromatic N) is 1. The summed E-state index contributed by atoms with van der Waals surface area (Å²) < 4.78 is 4.94. The van der Waals surface area contributed by atoms with E-state index in [9.17, 15) is 5.11 Å². The fourth-order valence-electron chi connectivity index (χ4n) is 1.19. The van der Waals surface area contributed by atoms with Crippen LogP contribution in [0.4, 0.5) is 0 Å². The molecule has 0 saturated heterocycles. The number of rotatable bonds is 1. The standard InChI is InChI=1S/C9H9NO2.Li/c11-9-10-6-8(12-9)7-4-2-1-3-5-7;/h1-5,8H,6H2,(H,10,11);/q;+1/p-1. The van der Waals surface area contributed by atoms with Gasteiger partial charge in [-0.1, -0.05) is 30.3 Å². The predicted octanol–water partition coefficient (Wildman–Crippen LogP) is -2.52. The topological polar surface area (TPSA) is 44.7 Å². The monoisotopic (exact) mass is 169 g/mol.